The third kappa shape index (κ3) is 2.11. The van der Waals surface area contributed by atoms with Crippen LogP contribution in [0.25, 0.3) is 0 Å². The maximum absolute atomic E-state index is 12.6. The van der Waals surface area contributed by atoms with Crippen molar-refractivity contribution in [3.63, 3.8) is 0 Å². The van der Waals surface area contributed by atoms with Crippen molar-refractivity contribution in [2.75, 3.05) is 25.8 Å². The van der Waals surface area contributed by atoms with E-state index in [9.17, 15) is 4.79 Å². The number of aryl methyl sites for hydroxylation is 2. The molecule has 4 aliphatic rings. The smallest absolute Gasteiger partial charge is 0.337 e. The van der Waals surface area contributed by atoms with Gasteiger partial charge in [-0.25, -0.2) is 4.79 Å². The Balaban J connectivity index is 1.58. The summed E-state index contributed by atoms with van der Waals surface area (Å²) in [6.45, 7) is 0.449. The van der Waals surface area contributed by atoms with Crippen molar-refractivity contribution < 1.29 is 23.7 Å². The number of carbonyl (C=O) groups excluding carboxylic acids is 1. The Morgan fingerprint density at radius 1 is 1.07 bits per heavy atom. The van der Waals surface area contributed by atoms with E-state index in [0.29, 0.717) is 22.8 Å². The second-order valence-electron chi connectivity index (χ2n) is 7.55. The summed E-state index contributed by atoms with van der Waals surface area (Å²) in [6.07, 6.45) is 3.36. The van der Waals surface area contributed by atoms with Crippen LogP contribution in [0.2, 0.25) is 0 Å². The molecule has 0 bridgehead atoms. The predicted octanol–water partition coefficient (Wildman–Crippen LogP) is 3.28. The Hall–Kier alpha value is -3.15. The lowest BCUT2D eigenvalue weighted by Gasteiger charge is -2.28. The van der Waals surface area contributed by atoms with E-state index < -0.39 is 0 Å². The monoisotopic (exact) mass is 377 g/mol. The van der Waals surface area contributed by atoms with Gasteiger partial charge in [-0.3, -0.25) is 0 Å². The molecule has 3 aliphatic heterocycles. The van der Waals surface area contributed by atoms with Crippen molar-refractivity contribution in [2.45, 2.75) is 25.2 Å². The van der Waals surface area contributed by atoms with Gasteiger partial charge in [0.25, 0.3) is 0 Å². The van der Waals surface area contributed by atoms with E-state index in [1.165, 1.54) is 17.5 Å². The highest BCUT2D eigenvalue weighted by molar-refractivity contribution is 5.97. The van der Waals surface area contributed by atoms with Crippen LogP contribution < -0.4 is 19.5 Å². The van der Waals surface area contributed by atoms with Crippen molar-refractivity contribution in [1.29, 1.82) is 0 Å². The van der Waals surface area contributed by atoms with E-state index in [1.807, 2.05) is 12.1 Å². The molecule has 0 aromatic heterocycles. The summed E-state index contributed by atoms with van der Waals surface area (Å²) in [7, 11) is 1.61. The number of cyclic esters (lactones) is 1. The van der Waals surface area contributed by atoms with Crippen molar-refractivity contribution >= 4 is 11.7 Å². The highest BCUT2D eigenvalue weighted by Gasteiger charge is 2.40. The average Bonchev–Trinajstić information content (AvgIpc) is 3.43. The van der Waals surface area contributed by atoms with Crippen molar-refractivity contribution in [3.05, 3.63) is 57.8 Å². The first-order chi connectivity index (χ1) is 13.7. The summed E-state index contributed by atoms with van der Waals surface area (Å²) >= 11 is 0. The van der Waals surface area contributed by atoms with Crippen LogP contribution in [0.3, 0.4) is 0 Å². The van der Waals surface area contributed by atoms with Gasteiger partial charge in [0.05, 0.1) is 18.4 Å². The lowest BCUT2D eigenvalue weighted by Crippen LogP contribution is -2.20. The second-order valence-corrected chi connectivity index (χ2v) is 7.55. The van der Waals surface area contributed by atoms with Crippen LogP contribution >= 0.6 is 0 Å². The van der Waals surface area contributed by atoms with Crippen LogP contribution in [0, 0.1) is 0 Å². The SMILES string of the molecule is COc1cc([C@H]2C3=C(COC3=O)Nc3cc4c(cc32)CCC4)cc2c1OCO2. The number of nitrogens with one attached hydrogen (secondary N) is 1. The van der Waals surface area contributed by atoms with E-state index in [2.05, 4.69) is 17.4 Å². The van der Waals surface area contributed by atoms with E-state index in [-0.39, 0.29) is 25.3 Å². The molecule has 2 aromatic rings. The largest absolute Gasteiger partial charge is 0.493 e. The fourth-order valence-electron chi connectivity index (χ4n) is 4.78. The molecule has 6 rings (SSSR count). The lowest BCUT2D eigenvalue weighted by molar-refractivity contribution is -0.136. The molecule has 1 aliphatic carbocycles. The Morgan fingerprint density at radius 3 is 2.79 bits per heavy atom. The number of benzene rings is 2. The molecule has 0 fully saturated rings. The van der Waals surface area contributed by atoms with Gasteiger partial charge in [0, 0.05) is 11.6 Å². The number of ether oxygens (including phenoxy) is 4. The molecule has 2 aromatic carbocycles. The molecule has 0 saturated carbocycles. The van der Waals surface area contributed by atoms with Gasteiger partial charge in [-0.05, 0) is 59.7 Å². The summed E-state index contributed by atoms with van der Waals surface area (Å²) in [5.74, 6) is 1.37. The molecule has 3 heterocycles. The first kappa shape index (κ1) is 15.9. The van der Waals surface area contributed by atoms with Crippen molar-refractivity contribution in [3.8, 4) is 17.2 Å². The summed E-state index contributed by atoms with van der Waals surface area (Å²) in [4.78, 5) is 12.6. The van der Waals surface area contributed by atoms with E-state index in [1.54, 1.807) is 7.11 Å². The van der Waals surface area contributed by atoms with E-state index in [0.717, 1.165) is 35.4 Å². The predicted molar refractivity (Wildman–Crippen MR) is 101 cm³/mol. The minimum absolute atomic E-state index is 0.168. The van der Waals surface area contributed by atoms with Crippen molar-refractivity contribution in [2.24, 2.45) is 0 Å². The summed E-state index contributed by atoms with van der Waals surface area (Å²) in [5, 5.41) is 3.45. The highest BCUT2D eigenvalue weighted by atomic mass is 16.7. The van der Waals surface area contributed by atoms with Gasteiger partial charge in [-0.2, -0.15) is 0 Å². The number of methoxy groups -OCH3 is 1. The number of carbonyl (C=O) groups is 1. The molecule has 142 valence electrons. The fraction of sp³-hybridized carbons (Fsp3) is 0.318. The molecule has 0 amide bonds. The molecular weight excluding hydrogens is 358 g/mol. The zero-order valence-corrected chi connectivity index (χ0v) is 15.5. The normalized spacial score (nSPS) is 21.0. The highest BCUT2D eigenvalue weighted by Crippen LogP contribution is 2.50. The van der Waals surface area contributed by atoms with Crippen molar-refractivity contribution in [1.82, 2.24) is 0 Å². The summed E-state index contributed by atoms with van der Waals surface area (Å²) in [5.41, 5.74) is 7.37. The van der Waals surface area contributed by atoms with Crippen LogP contribution in [0.1, 0.15) is 34.6 Å². The van der Waals surface area contributed by atoms with Gasteiger partial charge < -0.3 is 24.3 Å². The minimum Gasteiger partial charge on any atom is -0.493 e. The third-order valence-electron chi connectivity index (χ3n) is 6.06. The quantitative estimate of drug-likeness (QED) is 0.811. The Labute approximate surface area is 162 Å². The van der Waals surface area contributed by atoms with Gasteiger partial charge in [0.1, 0.15) is 6.61 Å². The number of esters is 1. The maximum Gasteiger partial charge on any atom is 0.337 e. The van der Waals surface area contributed by atoms with Crippen LogP contribution in [-0.2, 0) is 22.4 Å². The second kappa shape index (κ2) is 5.67. The first-order valence-electron chi connectivity index (χ1n) is 9.53. The van der Waals surface area contributed by atoms with Crippen LogP contribution in [0.4, 0.5) is 5.69 Å². The molecular formula is C22H19NO5. The molecule has 0 unspecified atom stereocenters. The topological polar surface area (TPSA) is 66.0 Å². The molecule has 0 radical (unpaired) electrons. The Bertz CT molecular complexity index is 1070. The van der Waals surface area contributed by atoms with Gasteiger partial charge in [0.2, 0.25) is 12.5 Å². The van der Waals surface area contributed by atoms with E-state index in [4.69, 9.17) is 18.9 Å². The molecule has 0 spiro atoms. The summed E-state index contributed by atoms with van der Waals surface area (Å²) in [6, 6.07) is 8.38. The molecule has 6 nitrogen and oxygen atoms in total. The molecule has 1 atom stereocenters. The summed E-state index contributed by atoms with van der Waals surface area (Å²) < 4.78 is 22.1. The van der Waals surface area contributed by atoms with Crippen LogP contribution in [0.5, 0.6) is 17.2 Å². The number of anilines is 1. The third-order valence-corrected chi connectivity index (χ3v) is 6.06. The molecule has 6 heteroatoms. The number of hydrogen-bond donors (Lipinski definition) is 1. The standard InChI is InChI=1S/C22H19NO5/c1-25-17-7-13(8-18-21(17)28-10-27-18)19-14-5-11-3-2-4-12(11)6-15(14)23-16-9-26-22(24)20(16)19/h5-8,19,23H,2-4,9-10H2,1H3/t19-/m1/s1. The van der Waals surface area contributed by atoms with Gasteiger partial charge in [-0.15, -0.1) is 0 Å². The number of hydrogen-bond acceptors (Lipinski definition) is 6. The average molecular weight is 377 g/mol. The number of fused-ring (bicyclic) bond motifs is 3. The van der Waals surface area contributed by atoms with Crippen LogP contribution in [0.15, 0.2) is 35.5 Å². The zero-order chi connectivity index (χ0) is 18.8. The number of rotatable bonds is 2. The fourth-order valence-corrected chi connectivity index (χ4v) is 4.78. The van der Waals surface area contributed by atoms with Gasteiger partial charge in [-0.1, -0.05) is 6.07 Å². The molecule has 1 N–H and O–H groups in total. The minimum atomic E-state index is -0.268. The van der Waals surface area contributed by atoms with E-state index >= 15 is 0 Å². The van der Waals surface area contributed by atoms with Gasteiger partial charge >= 0.3 is 5.97 Å². The Kier molecular flexibility index (Phi) is 3.21. The molecule has 0 saturated heterocycles. The zero-order valence-electron chi connectivity index (χ0n) is 15.5. The molecule has 28 heavy (non-hydrogen) atoms. The van der Waals surface area contributed by atoms with Gasteiger partial charge in [0.15, 0.2) is 11.5 Å². The lowest BCUT2D eigenvalue weighted by atomic mass is 9.80. The maximum atomic E-state index is 12.6. The Morgan fingerprint density at radius 2 is 1.93 bits per heavy atom. The van der Waals surface area contributed by atoms with Crippen LogP contribution in [-0.4, -0.2) is 26.5 Å². The first-order valence-corrected chi connectivity index (χ1v) is 9.53.